The maximum absolute atomic E-state index is 4.35. The quantitative estimate of drug-likeness (QED) is 0.852. The summed E-state index contributed by atoms with van der Waals surface area (Å²) in [7, 11) is 0. The van der Waals surface area contributed by atoms with Crippen LogP contribution in [0, 0.1) is 6.92 Å². The fourth-order valence-electron chi connectivity index (χ4n) is 3.47. The van der Waals surface area contributed by atoms with E-state index >= 15 is 0 Å². The van der Waals surface area contributed by atoms with Crippen LogP contribution in [-0.4, -0.2) is 26.8 Å². The van der Waals surface area contributed by atoms with Gasteiger partial charge < -0.3 is 9.88 Å². The molecule has 0 radical (unpaired) electrons. The van der Waals surface area contributed by atoms with Crippen LogP contribution in [0.3, 0.4) is 0 Å². The summed E-state index contributed by atoms with van der Waals surface area (Å²) in [6.07, 6.45) is 5.18. The summed E-state index contributed by atoms with van der Waals surface area (Å²) in [6.45, 7) is 6.49. The van der Waals surface area contributed by atoms with Gasteiger partial charge in [0.15, 0.2) is 0 Å². The van der Waals surface area contributed by atoms with E-state index in [0.29, 0.717) is 12.0 Å². The summed E-state index contributed by atoms with van der Waals surface area (Å²) in [4.78, 5) is 0. The average molecular weight is 234 g/mol. The second-order valence-corrected chi connectivity index (χ2v) is 5.89. The highest BCUT2D eigenvalue weighted by molar-refractivity contribution is 5.05. The molecule has 94 valence electrons. The van der Waals surface area contributed by atoms with Crippen molar-refractivity contribution >= 4 is 0 Å². The zero-order valence-electron chi connectivity index (χ0n) is 11.0. The Morgan fingerprint density at radius 2 is 1.82 bits per heavy atom. The third-order valence-electron chi connectivity index (χ3n) is 4.22. The second-order valence-electron chi connectivity index (χ2n) is 5.89. The summed E-state index contributed by atoms with van der Waals surface area (Å²) in [5, 5.41) is 12.3. The Kier molecular flexibility index (Phi) is 2.69. The minimum Gasteiger partial charge on any atom is -0.312 e. The Morgan fingerprint density at radius 1 is 1.18 bits per heavy atom. The Bertz CT molecular complexity index is 398. The minimum absolute atomic E-state index is 0.462. The molecule has 0 saturated carbocycles. The van der Waals surface area contributed by atoms with Crippen LogP contribution in [0.5, 0.6) is 0 Å². The van der Waals surface area contributed by atoms with E-state index in [1.165, 1.54) is 25.7 Å². The molecule has 1 N–H and O–H groups in total. The van der Waals surface area contributed by atoms with Gasteiger partial charge in [0.05, 0.1) is 0 Å². The van der Waals surface area contributed by atoms with E-state index in [1.54, 1.807) is 0 Å². The zero-order chi connectivity index (χ0) is 12.0. The molecule has 2 aliphatic rings. The summed E-state index contributed by atoms with van der Waals surface area (Å²) < 4.78 is 2.40. The molecule has 0 amide bonds. The minimum atomic E-state index is 0.462. The highest BCUT2D eigenvalue weighted by atomic mass is 15.3. The molecule has 2 bridgehead atoms. The van der Waals surface area contributed by atoms with Crippen molar-refractivity contribution < 1.29 is 0 Å². The lowest BCUT2D eigenvalue weighted by molar-refractivity contribution is 0.288. The van der Waals surface area contributed by atoms with Crippen LogP contribution >= 0.6 is 0 Å². The smallest absolute Gasteiger partial charge is 0.135 e. The maximum atomic E-state index is 4.35. The van der Waals surface area contributed by atoms with Gasteiger partial charge in [-0.2, -0.15) is 0 Å². The first kappa shape index (κ1) is 11.2. The Morgan fingerprint density at radius 3 is 2.41 bits per heavy atom. The van der Waals surface area contributed by atoms with Crippen LogP contribution in [0.2, 0.25) is 0 Å². The molecule has 17 heavy (non-hydrogen) atoms. The first-order valence-corrected chi connectivity index (χ1v) is 6.82. The molecule has 2 fully saturated rings. The van der Waals surface area contributed by atoms with E-state index in [2.05, 4.69) is 40.9 Å². The number of hydrogen-bond acceptors (Lipinski definition) is 3. The van der Waals surface area contributed by atoms with Gasteiger partial charge in [-0.3, -0.25) is 0 Å². The molecule has 4 nitrogen and oxygen atoms in total. The van der Waals surface area contributed by atoms with Gasteiger partial charge in [-0.05, 0) is 32.6 Å². The molecule has 0 aliphatic carbocycles. The predicted molar refractivity (Wildman–Crippen MR) is 67.1 cm³/mol. The van der Waals surface area contributed by atoms with E-state index in [1.807, 2.05) is 0 Å². The normalized spacial score (nSPS) is 32.4. The van der Waals surface area contributed by atoms with Crippen LogP contribution in [0.1, 0.15) is 63.1 Å². The first-order chi connectivity index (χ1) is 8.15. The number of piperidine rings is 1. The van der Waals surface area contributed by atoms with Crippen molar-refractivity contribution in [2.24, 2.45) is 0 Å². The lowest BCUT2D eigenvalue weighted by atomic mass is 9.98. The van der Waals surface area contributed by atoms with Gasteiger partial charge in [0.1, 0.15) is 11.6 Å². The Hall–Kier alpha value is -0.900. The molecule has 3 heterocycles. The molecule has 1 aromatic heterocycles. The van der Waals surface area contributed by atoms with Crippen molar-refractivity contribution in [3.05, 3.63) is 11.6 Å². The summed E-state index contributed by atoms with van der Waals surface area (Å²) in [5.74, 6) is 2.71. The lowest BCUT2D eigenvalue weighted by Gasteiger charge is -2.31. The van der Waals surface area contributed by atoms with Gasteiger partial charge in [-0.1, -0.05) is 13.8 Å². The highest BCUT2D eigenvalue weighted by Crippen LogP contribution is 2.35. The number of aromatic nitrogens is 3. The second kappa shape index (κ2) is 4.09. The molecule has 2 aliphatic heterocycles. The SMILES string of the molecule is Cc1nnc(C(C)C)n1[C@@H]1C[C@H]2CC[C@@H](C1)N2. The average Bonchev–Trinajstić information content (AvgIpc) is 2.82. The molecule has 4 heteroatoms. The van der Waals surface area contributed by atoms with Crippen molar-refractivity contribution in [2.75, 3.05) is 0 Å². The predicted octanol–water partition coefficient (Wildman–Crippen LogP) is 2.17. The number of aryl methyl sites for hydroxylation is 1. The Balaban J connectivity index is 1.91. The largest absolute Gasteiger partial charge is 0.312 e. The number of hydrogen-bond donors (Lipinski definition) is 1. The van der Waals surface area contributed by atoms with E-state index in [-0.39, 0.29) is 0 Å². The zero-order valence-corrected chi connectivity index (χ0v) is 11.0. The third-order valence-corrected chi connectivity index (χ3v) is 4.22. The van der Waals surface area contributed by atoms with Crippen molar-refractivity contribution in [2.45, 2.75) is 70.5 Å². The maximum Gasteiger partial charge on any atom is 0.135 e. The van der Waals surface area contributed by atoms with Gasteiger partial charge in [-0.25, -0.2) is 0 Å². The van der Waals surface area contributed by atoms with Gasteiger partial charge in [0.2, 0.25) is 0 Å². The molecule has 2 saturated heterocycles. The molecular weight excluding hydrogens is 212 g/mol. The van der Waals surface area contributed by atoms with Crippen LogP contribution in [0.4, 0.5) is 0 Å². The van der Waals surface area contributed by atoms with Crippen molar-refractivity contribution in [3.63, 3.8) is 0 Å². The van der Waals surface area contributed by atoms with Gasteiger partial charge in [-0.15, -0.1) is 10.2 Å². The van der Waals surface area contributed by atoms with Crippen molar-refractivity contribution in [1.29, 1.82) is 0 Å². The first-order valence-electron chi connectivity index (χ1n) is 6.82. The van der Waals surface area contributed by atoms with Crippen LogP contribution in [-0.2, 0) is 0 Å². The molecule has 0 aromatic carbocycles. The monoisotopic (exact) mass is 234 g/mol. The molecular formula is C13H22N4. The number of nitrogens with one attached hydrogen (secondary N) is 1. The standard InChI is InChI=1S/C13H22N4/c1-8(2)13-16-15-9(3)17(13)12-6-10-4-5-11(7-12)14-10/h8,10-12,14H,4-7H2,1-3H3/t10-,11+,12-. The molecule has 0 spiro atoms. The fraction of sp³-hybridized carbons (Fsp3) is 0.846. The molecule has 3 rings (SSSR count). The Labute approximate surface area is 103 Å². The van der Waals surface area contributed by atoms with Crippen LogP contribution in [0.15, 0.2) is 0 Å². The van der Waals surface area contributed by atoms with Gasteiger partial charge >= 0.3 is 0 Å². The molecule has 3 atom stereocenters. The fourth-order valence-corrected chi connectivity index (χ4v) is 3.47. The van der Waals surface area contributed by atoms with Crippen LogP contribution in [0.25, 0.3) is 0 Å². The van der Waals surface area contributed by atoms with Crippen LogP contribution < -0.4 is 5.32 Å². The topological polar surface area (TPSA) is 42.7 Å². The van der Waals surface area contributed by atoms with E-state index < -0.39 is 0 Å². The van der Waals surface area contributed by atoms with E-state index in [0.717, 1.165) is 23.7 Å². The molecule has 0 unspecified atom stereocenters. The third kappa shape index (κ3) is 1.88. The summed E-state index contributed by atoms with van der Waals surface area (Å²) in [5.41, 5.74) is 0. The summed E-state index contributed by atoms with van der Waals surface area (Å²) >= 11 is 0. The summed E-state index contributed by atoms with van der Waals surface area (Å²) in [6, 6.07) is 2.06. The van der Waals surface area contributed by atoms with Crippen molar-refractivity contribution in [1.82, 2.24) is 20.1 Å². The molecule has 1 aromatic rings. The van der Waals surface area contributed by atoms with Crippen molar-refractivity contribution in [3.8, 4) is 0 Å². The highest BCUT2D eigenvalue weighted by Gasteiger charge is 2.35. The van der Waals surface area contributed by atoms with Gasteiger partial charge in [0.25, 0.3) is 0 Å². The number of rotatable bonds is 2. The van der Waals surface area contributed by atoms with E-state index in [9.17, 15) is 0 Å². The van der Waals surface area contributed by atoms with E-state index in [4.69, 9.17) is 0 Å². The number of fused-ring (bicyclic) bond motifs is 2. The number of nitrogens with zero attached hydrogens (tertiary/aromatic N) is 3. The van der Waals surface area contributed by atoms with Gasteiger partial charge in [0, 0.05) is 24.0 Å². The lowest BCUT2D eigenvalue weighted by Crippen LogP contribution is -2.39.